The number of hydrogen-bond acceptors (Lipinski definition) is 4. The molecule has 0 aliphatic carbocycles. The maximum atomic E-state index is 12.2. The van der Waals surface area contributed by atoms with Gasteiger partial charge in [0.15, 0.2) is 5.11 Å². The van der Waals surface area contributed by atoms with Crippen LogP contribution in [0.2, 0.25) is 0 Å². The van der Waals surface area contributed by atoms with Crippen molar-refractivity contribution in [1.29, 1.82) is 0 Å². The third-order valence-corrected chi connectivity index (χ3v) is 4.11. The monoisotopic (exact) mass is 306 g/mol. The first-order chi connectivity index (χ1) is 9.92. The molecule has 1 saturated heterocycles. The molecule has 0 spiro atoms. The van der Waals surface area contributed by atoms with Crippen molar-refractivity contribution in [2.75, 3.05) is 28.3 Å². The Labute approximate surface area is 129 Å². The Morgan fingerprint density at radius 1 is 1.14 bits per heavy atom. The minimum Gasteiger partial charge on any atom is -0.496 e. The van der Waals surface area contributed by atoms with Crippen LogP contribution < -0.4 is 9.47 Å². The van der Waals surface area contributed by atoms with Gasteiger partial charge in [0.2, 0.25) is 0 Å². The van der Waals surface area contributed by atoms with Gasteiger partial charge >= 0.3 is 0 Å². The van der Waals surface area contributed by atoms with E-state index in [1.807, 2.05) is 19.1 Å². The molecular formula is C15H18N2O3S. The summed E-state index contributed by atoms with van der Waals surface area (Å²) >= 11 is 5.20. The largest absolute Gasteiger partial charge is 0.496 e. The Morgan fingerprint density at radius 2 is 1.81 bits per heavy atom. The lowest BCUT2D eigenvalue weighted by Gasteiger charge is -2.14. The van der Waals surface area contributed by atoms with Gasteiger partial charge in [-0.2, -0.15) is 0 Å². The minimum atomic E-state index is -0.127. The highest BCUT2D eigenvalue weighted by atomic mass is 32.1. The number of nitrogens with zero attached hydrogens (tertiary/aromatic N) is 2. The van der Waals surface area contributed by atoms with Crippen LogP contribution in [0.1, 0.15) is 11.1 Å². The lowest BCUT2D eigenvalue weighted by atomic mass is 10.1. The summed E-state index contributed by atoms with van der Waals surface area (Å²) in [5.41, 5.74) is 2.22. The van der Waals surface area contributed by atoms with Crippen LogP contribution in [0.25, 0.3) is 6.08 Å². The van der Waals surface area contributed by atoms with Crippen LogP contribution in [0, 0.1) is 6.92 Å². The number of carbonyl (C=O) groups is 1. The van der Waals surface area contributed by atoms with E-state index in [2.05, 4.69) is 0 Å². The number of amides is 1. The quantitative estimate of drug-likeness (QED) is 0.631. The molecule has 6 heteroatoms. The van der Waals surface area contributed by atoms with Crippen molar-refractivity contribution < 1.29 is 14.3 Å². The normalized spacial score (nSPS) is 16.9. The zero-order valence-corrected chi connectivity index (χ0v) is 13.6. The van der Waals surface area contributed by atoms with Gasteiger partial charge in [-0.25, -0.2) is 0 Å². The summed E-state index contributed by atoms with van der Waals surface area (Å²) in [6.45, 7) is 1.91. The second-order valence-electron chi connectivity index (χ2n) is 4.75. The Bertz CT molecular complexity index is 640. The summed E-state index contributed by atoms with van der Waals surface area (Å²) in [5, 5.41) is 0.482. The van der Waals surface area contributed by atoms with Crippen LogP contribution in [-0.2, 0) is 4.79 Å². The number of benzene rings is 1. The van der Waals surface area contributed by atoms with Crippen molar-refractivity contribution in [3.63, 3.8) is 0 Å². The number of thiocarbonyl (C=S) groups is 1. The predicted molar refractivity (Wildman–Crippen MR) is 85.4 cm³/mol. The Kier molecular flexibility index (Phi) is 4.18. The van der Waals surface area contributed by atoms with E-state index in [9.17, 15) is 4.79 Å². The van der Waals surface area contributed by atoms with E-state index in [1.165, 1.54) is 4.90 Å². The average Bonchev–Trinajstić information content (AvgIpc) is 2.65. The van der Waals surface area contributed by atoms with Crippen molar-refractivity contribution in [2.24, 2.45) is 0 Å². The molecule has 0 unspecified atom stereocenters. The Morgan fingerprint density at radius 3 is 2.29 bits per heavy atom. The van der Waals surface area contributed by atoms with Crippen LogP contribution in [0.5, 0.6) is 11.5 Å². The lowest BCUT2D eigenvalue weighted by Crippen LogP contribution is -2.26. The van der Waals surface area contributed by atoms with E-state index in [0.717, 1.165) is 16.9 Å². The number of rotatable bonds is 3. The molecule has 1 fully saturated rings. The molecular weight excluding hydrogens is 288 g/mol. The number of carbonyl (C=O) groups excluding carboxylic acids is 1. The summed E-state index contributed by atoms with van der Waals surface area (Å²) in [5.74, 6) is 1.30. The van der Waals surface area contributed by atoms with Gasteiger partial charge in [0.05, 0.1) is 14.2 Å². The second kappa shape index (κ2) is 5.73. The first-order valence-corrected chi connectivity index (χ1v) is 6.82. The van der Waals surface area contributed by atoms with Gasteiger partial charge < -0.3 is 14.4 Å². The molecule has 0 aromatic heterocycles. The highest BCUT2D eigenvalue weighted by Gasteiger charge is 2.33. The average molecular weight is 306 g/mol. The molecule has 1 aromatic carbocycles. The molecule has 21 heavy (non-hydrogen) atoms. The van der Waals surface area contributed by atoms with E-state index in [1.54, 1.807) is 39.3 Å². The van der Waals surface area contributed by atoms with Gasteiger partial charge in [0.25, 0.3) is 5.91 Å². The van der Waals surface area contributed by atoms with E-state index in [-0.39, 0.29) is 5.91 Å². The fourth-order valence-electron chi connectivity index (χ4n) is 2.34. The zero-order chi connectivity index (χ0) is 15.7. The number of ether oxygens (including phenoxy) is 2. The highest BCUT2D eigenvalue weighted by Crippen LogP contribution is 2.33. The first-order valence-electron chi connectivity index (χ1n) is 6.41. The number of methoxy groups -OCH3 is 2. The molecule has 0 bridgehead atoms. The first kappa shape index (κ1) is 15.3. The second-order valence-corrected chi connectivity index (χ2v) is 5.12. The van der Waals surface area contributed by atoms with Gasteiger partial charge in [0.1, 0.15) is 17.2 Å². The molecule has 1 amide bonds. The summed E-state index contributed by atoms with van der Waals surface area (Å²) < 4.78 is 10.7. The van der Waals surface area contributed by atoms with Crippen LogP contribution >= 0.6 is 12.2 Å². The van der Waals surface area contributed by atoms with Gasteiger partial charge in [0, 0.05) is 25.2 Å². The molecule has 2 rings (SSSR count). The molecule has 1 aliphatic heterocycles. The van der Waals surface area contributed by atoms with Crippen molar-refractivity contribution in [1.82, 2.24) is 9.80 Å². The highest BCUT2D eigenvalue weighted by molar-refractivity contribution is 7.80. The van der Waals surface area contributed by atoms with Gasteiger partial charge in [-0.15, -0.1) is 0 Å². The van der Waals surface area contributed by atoms with Crippen LogP contribution in [0.4, 0.5) is 0 Å². The summed E-state index contributed by atoms with van der Waals surface area (Å²) in [4.78, 5) is 15.3. The molecule has 0 N–H and O–H groups in total. The van der Waals surface area contributed by atoms with Gasteiger partial charge in [-0.05, 0) is 37.4 Å². The third-order valence-electron chi connectivity index (χ3n) is 3.56. The van der Waals surface area contributed by atoms with Crippen LogP contribution in [-0.4, -0.2) is 49.1 Å². The van der Waals surface area contributed by atoms with E-state index in [0.29, 0.717) is 16.6 Å². The Hall–Kier alpha value is -2.08. The number of likely N-dealkylation sites (N-methyl/N-ethyl adjacent to an activating group) is 2. The predicted octanol–water partition coefficient (Wildman–Crippen LogP) is 2.04. The summed E-state index contributed by atoms with van der Waals surface area (Å²) in [6.07, 6.45) is 1.78. The van der Waals surface area contributed by atoms with Gasteiger partial charge in [-0.1, -0.05) is 0 Å². The standard InChI is InChI=1S/C15H18N2O3S/c1-9-12(19-4)7-6-10(13(9)20-5)8-11-14(18)17(3)15(21)16(11)2/h6-8H,1-5H3/b11-8-. The Balaban J connectivity index is 2.53. The van der Waals surface area contributed by atoms with Gasteiger partial charge in [-0.3, -0.25) is 9.69 Å². The SMILES string of the molecule is COc1ccc(/C=C2/C(=O)N(C)C(=S)N2C)c(OC)c1C. The maximum Gasteiger partial charge on any atom is 0.276 e. The molecule has 5 nitrogen and oxygen atoms in total. The number of hydrogen-bond donors (Lipinski definition) is 0. The summed E-state index contributed by atoms with van der Waals surface area (Å²) in [7, 11) is 6.65. The third kappa shape index (κ3) is 2.47. The molecule has 1 aliphatic rings. The van der Waals surface area contributed by atoms with E-state index < -0.39 is 0 Å². The fraction of sp³-hybridized carbons (Fsp3) is 0.333. The van der Waals surface area contributed by atoms with E-state index in [4.69, 9.17) is 21.7 Å². The summed E-state index contributed by atoms with van der Waals surface area (Å²) in [6, 6.07) is 3.71. The molecule has 1 heterocycles. The smallest absolute Gasteiger partial charge is 0.276 e. The van der Waals surface area contributed by atoms with Crippen LogP contribution in [0.3, 0.4) is 0 Å². The zero-order valence-electron chi connectivity index (χ0n) is 12.8. The lowest BCUT2D eigenvalue weighted by molar-refractivity contribution is -0.121. The maximum absolute atomic E-state index is 12.2. The minimum absolute atomic E-state index is 0.127. The molecule has 1 aromatic rings. The molecule has 0 radical (unpaired) electrons. The molecule has 112 valence electrons. The van der Waals surface area contributed by atoms with Crippen molar-refractivity contribution in [2.45, 2.75) is 6.92 Å². The molecule has 0 atom stereocenters. The van der Waals surface area contributed by atoms with Crippen LogP contribution in [0.15, 0.2) is 17.8 Å². The molecule has 0 saturated carbocycles. The topological polar surface area (TPSA) is 42.0 Å². The van der Waals surface area contributed by atoms with Crippen molar-refractivity contribution in [3.05, 3.63) is 29.0 Å². The fourth-order valence-corrected chi connectivity index (χ4v) is 2.52. The van der Waals surface area contributed by atoms with Crippen molar-refractivity contribution >= 4 is 29.3 Å². The van der Waals surface area contributed by atoms with E-state index >= 15 is 0 Å². The van der Waals surface area contributed by atoms with Crippen molar-refractivity contribution in [3.8, 4) is 11.5 Å².